The van der Waals surface area contributed by atoms with Crippen LogP contribution in [0.2, 0.25) is 5.02 Å². The third kappa shape index (κ3) is 3.05. The predicted octanol–water partition coefficient (Wildman–Crippen LogP) is 4.70. The molecule has 94 valence electrons. The summed E-state index contributed by atoms with van der Waals surface area (Å²) in [5.41, 5.74) is 1.82. The Hall–Kier alpha value is -1.03. The Bertz CT molecular complexity index is 570. The molecule has 0 amide bonds. The summed E-state index contributed by atoms with van der Waals surface area (Å²) >= 11 is 9.43. The van der Waals surface area contributed by atoms with Gasteiger partial charge in [0.05, 0.1) is 11.6 Å². The Kier molecular flexibility index (Phi) is 4.27. The number of halogens is 2. The standard InChI is InChI=1S/C14H12BrClO2/c1-9-2-5-13(10(6-9)8-17)18-14-7-11(15)3-4-12(14)16/h2-7,17H,8H2,1H3. The molecule has 0 heterocycles. The second kappa shape index (κ2) is 5.74. The molecule has 0 radical (unpaired) electrons. The molecule has 0 atom stereocenters. The van der Waals surface area contributed by atoms with Crippen molar-refractivity contribution in [3.8, 4) is 11.5 Å². The SMILES string of the molecule is Cc1ccc(Oc2cc(Br)ccc2Cl)c(CO)c1. The summed E-state index contributed by atoms with van der Waals surface area (Å²) in [6.07, 6.45) is 0. The van der Waals surface area contributed by atoms with E-state index in [2.05, 4.69) is 15.9 Å². The average Bonchev–Trinajstić information content (AvgIpc) is 2.36. The van der Waals surface area contributed by atoms with Crippen LogP contribution in [0.25, 0.3) is 0 Å². The van der Waals surface area contributed by atoms with E-state index in [1.54, 1.807) is 12.1 Å². The van der Waals surface area contributed by atoms with Crippen molar-refractivity contribution in [2.45, 2.75) is 13.5 Å². The zero-order chi connectivity index (χ0) is 13.1. The highest BCUT2D eigenvalue weighted by atomic mass is 79.9. The van der Waals surface area contributed by atoms with Crippen LogP contribution in [-0.4, -0.2) is 5.11 Å². The molecule has 2 nitrogen and oxygen atoms in total. The molecule has 0 aromatic heterocycles. The van der Waals surface area contributed by atoms with Crippen LogP contribution >= 0.6 is 27.5 Å². The number of ether oxygens (including phenoxy) is 1. The van der Waals surface area contributed by atoms with Crippen LogP contribution in [0.15, 0.2) is 40.9 Å². The molecule has 0 aliphatic rings. The second-order valence-corrected chi connectivity index (χ2v) is 5.27. The first kappa shape index (κ1) is 13.4. The van der Waals surface area contributed by atoms with Gasteiger partial charge in [-0.15, -0.1) is 0 Å². The fourth-order valence-corrected chi connectivity index (χ4v) is 2.10. The zero-order valence-electron chi connectivity index (χ0n) is 9.78. The number of rotatable bonds is 3. The van der Waals surface area contributed by atoms with Crippen LogP contribution in [-0.2, 0) is 6.61 Å². The van der Waals surface area contributed by atoms with Crippen molar-refractivity contribution in [3.63, 3.8) is 0 Å². The molecule has 0 aliphatic heterocycles. The minimum absolute atomic E-state index is 0.0668. The van der Waals surface area contributed by atoms with Gasteiger partial charge in [-0.1, -0.05) is 45.2 Å². The highest BCUT2D eigenvalue weighted by Gasteiger charge is 2.08. The molecule has 4 heteroatoms. The zero-order valence-corrected chi connectivity index (χ0v) is 12.1. The third-order valence-electron chi connectivity index (χ3n) is 2.50. The van der Waals surface area contributed by atoms with E-state index in [1.807, 2.05) is 31.2 Å². The van der Waals surface area contributed by atoms with Crippen molar-refractivity contribution in [3.05, 3.63) is 57.0 Å². The first-order chi connectivity index (χ1) is 8.60. The van der Waals surface area contributed by atoms with Gasteiger partial charge in [0.15, 0.2) is 0 Å². The smallest absolute Gasteiger partial charge is 0.147 e. The van der Waals surface area contributed by atoms with Crippen LogP contribution in [0.3, 0.4) is 0 Å². The Morgan fingerprint density at radius 1 is 1.17 bits per heavy atom. The summed E-state index contributed by atoms with van der Waals surface area (Å²) in [7, 11) is 0. The molecule has 0 bridgehead atoms. The van der Waals surface area contributed by atoms with Crippen LogP contribution in [0.4, 0.5) is 0 Å². The van der Waals surface area contributed by atoms with Gasteiger partial charge in [-0.05, 0) is 31.2 Å². The molecule has 0 saturated carbocycles. The van der Waals surface area contributed by atoms with Crippen molar-refractivity contribution in [2.75, 3.05) is 0 Å². The number of benzene rings is 2. The van der Waals surface area contributed by atoms with E-state index < -0.39 is 0 Å². The minimum atomic E-state index is -0.0668. The van der Waals surface area contributed by atoms with Crippen molar-refractivity contribution in [2.24, 2.45) is 0 Å². The van der Waals surface area contributed by atoms with Gasteiger partial charge in [-0.25, -0.2) is 0 Å². The molecule has 0 unspecified atom stereocenters. The molecular formula is C14H12BrClO2. The Balaban J connectivity index is 2.36. The van der Waals surface area contributed by atoms with E-state index >= 15 is 0 Å². The highest BCUT2D eigenvalue weighted by Crippen LogP contribution is 2.33. The van der Waals surface area contributed by atoms with Crippen molar-refractivity contribution < 1.29 is 9.84 Å². The summed E-state index contributed by atoms with van der Waals surface area (Å²) in [6, 6.07) is 11.0. The predicted molar refractivity (Wildman–Crippen MR) is 76.3 cm³/mol. The normalized spacial score (nSPS) is 10.4. The van der Waals surface area contributed by atoms with Crippen LogP contribution in [0.1, 0.15) is 11.1 Å². The minimum Gasteiger partial charge on any atom is -0.455 e. The van der Waals surface area contributed by atoms with E-state index in [9.17, 15) is 5.11 Å². The maximum absolute atomic E-state index is 9.32. The van der Waals surface area contributed by atoms with Gasteiger partial charge in [0.1, 0.15) is 11.5 Å². The average molecular weight is 328 g/mol. The summed E-state index contributed by atoms with van der Waals surface area (Å²) in [6.45, 7) is 1.90. The molecule has 0 fully saturated rings. The highest BCUT2D eigenvalue weighted by molar-refractivity contribution is 9.10. The van der Waals surface area contributed by atoms with Crippen molar-refractivity contribution in [1.29, 1.82) is 0 Å². The van der Waals surface area contributed by atoms with Gasteiger partial charge < -0.3 is 9.84 Å². The number of aliphatic hydroxyl groups is 1. The van der Waals surface area contributed by atoms with Gasteiger partial charge in [0, 0.05) is 10.0 Å². The Morgan fingerprint density at radius 3 is 2.67 bits per heavy atom. The summed E-state index contributed by atoms with van der Waals surface area (Å²) in [4.78, 5) is 0. The first-order valence-corrected chi connectivity index (χ1v) is 6.60. The lowest BCUT2D eigenvalue weighted by Crippen LogP contribution is -1.93. The van der Waals surface area contributed by atoms with E-state index in [-0.39, 0.29) is 6.61 Å². The fraction of sp³-hybridized carbons (Fsp3) is 0.143. The molecule has 2 aromatic rings. The quantitative estimate of drug-likeness (QED) is 0.885. The van der Waals surface area contributed by atoms with E-state index in [1.165, 1.54) is 0 Å². The summed E-state index contributed by atoms with van der Waals surface area (Å²) in [5, 5.41) is 9.85. The largest absolute Gasteiger partial charge is 0.455 e. The summed E-state index contributed by atoms with van der Waals surface area (Å²) in [5.74, 6) is 1.17. The molecule has 1 N–H and O–H groups in total. The molecule has 2 aromatic carbocycles. The maximum atomic E-state index is 9.32. The van der Waals surface area contributed by atoms with E-state index in [4.69, 9.17) is 16.3 Å². The van der Waals surface area contributed by atoms with E-state index in [0.717, 1.165) is 15.6 Å². The van der Waals surface area contributed by atoms with E-state index in [0.29, 0.717) is 16.5 Å². The number of hydrogen-bond donors (Lipinski definition) is 1. The van der Waals surface area contributed by atoms with Crippen molar-refractivity contribution in [1.82, 2.24) is 0 Å². The van der Waals surface area contributed by atoms with Gasteiger partial charge in [0.2, 0.25) is 0 Å². The molecule has 2 rings (SSSR count). The van der Waals surface area contributed by atoms with Crippen LogP contribution < -0.4 is 4.74 Å². The van der Waals surface area contributed by atoms with Crippen LogP contribution in [0.5, 0.6) is 11.5 Å². The second-order valence-electron chi connectivity index (χ2n) is 3.95. The van der Waals surface area contributed by atoms with Gasteiger partial charge in [-0.3, -0.25) is 0 Å². The number of aliphatic hydroxyl groups excluding tert-OH is 1. The Labute approximate surface area is 119 Å². The Morgan fingerprint density at radius 2 is 1.94 bits per heavy atom. The molecular weight excluding hydrogens is 316 g/mol. The lowest BCUT2D eigenvalue weighted by atomic mass is 10.1. The number of hydrogen-bond acceptors (Lipinski definition) is 2. The molecule has 0 spiro atoms. The van der Waals surface area contributed by atoms with Gasteiger partial charge in [0.25, 0.3) is 0 Å². The summed E-state index contributed by atoms with van der Waals surface area (Å²) < 4.78 is 6.63. The molecule has 0 saturated heterocycles. The lowest BCUT2D eigenvalue weighted by molar-refractivity contribution is 0.276. The maximum Gasteiger partial charge on any atom is 0.147 e. The topological polar surface area (TPSA) is 29.5 Å². The lowest BCUT2D eigenvalue weighted by Gasteiger charge is -2.12. The molecule has 0 aliphatic carbocycles. The third-order valence-corrected chi connectivity index (χ3v) is 3.31. The number of aryl methyl sites for hydroxylation is 1. The van der Waals surface area contributed by atoms with Gasteiger partial charge >= 0.3 is 0 Å². The monoisotopic (exact) mass is 326 g/mol. The molecule has 18 heavy (non-hydrogen) atoms. The first-order valence-electron chi connectivity index (χ1n) is 5.43. The van der Waals surface area contributed by atoms with Gasteiger partial charge in [-0.2, -0.15) is 0 Å². The van der Waals surface area contributed by atoms with Crippen LogP contribution in [0, 0.1) is 6.92 Å². The van der Waals surface area contributed by atoms with Crippen molar-refractivity contribution >= 4 is 27.5 Å². The fourth-order valence-electron chi connectivity index (χ4n) is 1.61.